The van der Waals surface area contributed by atoms with Crippen molar-refractivity contribution < 1.29 is 27.6 Å². The molecule has 1 aliphatic heterocycles. The van der Waals surface area contributed by atoms with Crippen LogP contribution in [0.5, 0.6) is 11.5 Å². The third-order valence-corrected chi connectivity index (χ3v) is 3.99. The molecule has 0 radical (unpaired) electrons. The number of benzene rings is 1. The molecule has 2 heterocycles. The highest BCUT2D eigenvalue weighted by Gasteiger charge is 2.31. The van der Waals surface area contributed by atoms with Crippen LogP contribution in [0.25, 0.3) is 0 Å². The summed E-state index contributed by atoms with van der Waals surface area (Å²) in [7, 11) is 0. The Hall–Kier alpha value is -2.44. The van der Waals surface area contributed by atoms with E-state index in [1.165, 1.54) is 6.07 Å². The van der Waals surface area contributed by atoms with Gasteiger partial charge in [0, 0.05) is 23.6 Å². The quantitative estimate of drug-likeness (QED) is 0.888. The molecule has 1 aliphatic rings. The Bertz CT molecular complexity index is 745. The van der Waals surface area contributed by atoms with Gasteiger partial charge in [-0.2, -0.15) is 13.2 Å². The van der Waals surface area contributed by atoms with E-state index in [4.69, 9.17) is 9.47 Å². The molecule has 1 aromatic carbocycles. The molecule has 0 aliphatic carbocycles. The highest BCUT2D eigenvalue weighted by atomic mass is 19.4. The first-order chi connectivity index (χ1) is 11.9. The molecule has 0 spiro atoms. The zero-order chi connectivity index (χ0) is 18.0. The number of hydrogen-bond donors (Lipinski definition) is 1. The average molecular weight is 353 g/mol. The van der Waals surface area contributed by atoms with E-state index < -0.39 is 11.7 Å². The van der Waals surface area contributed by atoms with E-state index in [0.717, 1.165) is 41.3 Å². The van der Waals surface area contributed by atoms with Crippen LogP contribution in [0.1, 0.15) is 30.5 Å². The number of anilines is 1. The van der Waals surface area contributed by atoms with Crippen molar-refractivity contribution in [3.05, 3.63) is 47.2 Å². The Kier molecular flexibility index (Phi) is 4.74. The average Bonchev–Trinajstić information content (AvgIpc) is 2.91. The first kappa shape index (κ1) is 17.4. The number of halogens is 3. The van der Waals surface area contributed by atoms with Gasteiger partial charge in [0.05, 0.1) is 12.2 Å². The molecule has 2 N–H and O–H groups in total. The molecule has 0 fully saturated rings. The van der Waals surface area contributed by atoms with Gasteiger partial charge in [-0.1, -0.05) is 0 Å². The molecule has 4 nitrogen and oxygen atoms in total. The molecule has 1 atom stereocenters. The van der Waals surface area contributed by atoms with Gasteiger partial charge < -0.3 is 9.47 Å². The maximum atomic E-state index is 12.6. The van der Waals surface area contributed by atoms with Crippen molar-refractivity contribution >= 4 is 5.82 Å². The maximum Gasteiger partial charge on any atom is 0.419 e. The summed E-state index contributed by atoms with van der Waals surface area (Å²) in [4.78, 5) is 2.62. The predicted octanol–water partition coefficient (Wildman–Crippen LogP) is 3.85. The second-order valence-electron chi connectivity index (χ2n) is 5.98. The van der Waals surface area contributed by atoms with E-state index >= 15 is 0 Å². The first-order valence-electron chi connectivity index (χ1n) is 8.15. The third kappa shape index (κ3) is 3.97. The molecule has 2 aromatic rings. The minimum absolute atomic E-state index is 0.135. The summed E-state index contributed by atoms with van der Waals surface area (Å²) in [6.07, 6.45) is -2.43. The summed E-state index contributed by atoms with van der Waals surface area (Å²) in [5.74, 6) is 2.09. The molecule has 0 amide bonds. The summed E-state index contributed by atoms with van der Waals surface area (Å²) >= 11 is 0. The number of alkyl halides is 3. The van der Waals surface area contributed by atoms with Gasteiger partial charge in [0.2, 0.25) is 0 Å². The van der Waals surface area contributed by atoms with E-state index in [1.807, 2.05) is 26.0 Å². The van der Waals surface area contributed by atoms with E-state index in [2.05, 4.69) is 10.3 Å². The normalized spacial score (nSPS) is 16.3. The van der Waals surface area contributed by atoms with Crippen LogP contribution in [0.2, 0.25) is 0 Å². The van der Waals surface area contributed by atoms with Gasteiger partial charge in [-0.15, -0.1) is 0 Å². The Morgan fingerprint density at radius 2 is 2.12 bits per heavy atom. The van der Waals surface area contributed by atoms with Crippen LogP contribution in [-0.2, 0) is 19.1 Å². The fourth-order valence-electron chi connectivity index (χ4n) is 2.81. The molecule has 0 saturated heterocycles. The number of H-pyrrole nitrogens is 1. The lowest BCUT2D eigenvalue weighted by molar-refractivity contribution is -0.364. The topological polar surface area (TPSA) is 44.6 Å². The van der Waals surface area contributed by atoms with Gasteiger partial charge >= 0.3 is 6.18 Å². The molecule has 0 unspecified atom stereocenters. The fraction of sp³-hybridized carbons (Fsp3) is 0.389. The summed E-state index contributed by atoms with van der Waals surface area (Å²) in [5, 5.41) is 3.08. The number of pyridine rings is 1. The van der Waals surface area contributed by atoms with Crippen LogP contribution in [0.15, 0.2) is 30.5 Å². The highest BCUT2D eigenvalue weighted by Crippen LogP contribution is 2.35. The van der Waals surface area contributed by atoms with Crippen LogP contribution >= 0.6 is 0 Å². The molecule has 134 valence electrons. The van der Waals surface area contributed by atoms with E-state index in [-0.39, 0.29) is 6.10 Å². The number of hydrogen-bond acceptors (Lipinski definition) is 3. The molecule has 0 bridgehead atoms. The van der Waals surface area contributed by atoms with Gasteiger partial charge in [-0.25, -0.2) is 4.98 Å². The molecular weight excluding hydrogens is 333 g/mol. The van der Waals surface area contributed by atoms with Crippen LogP contribution in [0.3, 0.4) is 0 Å². The first-order valence-corrected chi connectivity index (χ1v) is 8.15. The Balaban J connectivity index is 1.75. The minimum Gasteiger partial charge on any atom is -0.493 e. The smallest absolute Gasteiger partial charge is 0.419 e. The van der Waals surface area contributed by atoms with Gasteiger partial charge in [-0.3, -0.25) is 5.32 Å². The predicted molar refractivity (Wildman–Crippen MR) is 86.7 cm³/mol. The van der Waals surface area contributed by atoms with Crippen molar-refractivity contribution in [3.63, 3.8) is 0 Å². The molecule has 3 rings (SSSR count). The van der Waals surface area contributed by atoms with Gasteiger partial charge in [-0.05, 0) is 32.0 Å². The lowest BCUT2D eigenvalue weighted by Gasteiger charge is -2.11. The lowest BCUT2D eigenvalue weighted by Crippen LogP contribution is -2.17. The summed E-state index contributed by atoms with van der Waals surface area (Å²) in [5.41, 5.74) is 1.29. The lowest BCUT2D eigenvalue weighted by atomic mass is 10.1. The Labute approximate surface area is 144 Å². The Morgan fingerprint density at radius 1 is 1.32 bits per heavy atom. The van der Waals surface area contributed by atoms with E-state index in [1.54, 1.807) is 0 Å². The number of fused-ring (bicyclic) bond motifs is 1. The van der Waals surface area contributed by atoms with Crippen molar-refractivity contribution in [1.82, 2.24) is 0 Å². The van der Waals surface area contributed by atoms with Crippen molar-refractivity contribution in [2.45, 2.75) is 39.1 Å². The number of aromatic amines is 1. The monoisotopic (exact) mass is 353 g/mol. The number of aromatic nitrogens is 1. The van der Waals surface area contributed by atoms with Crippen LogP contribution in [0, 0.1) is 0 Å². The standard InChI is InChI=1S/C18H19F3N2O2/c1-3-24-15-7-12-6-11(2)25-16(12)8-13(15)9-22-17-5-4-14(10-23-17)18(19,20)21/h4-5,7-8,10-11H,3,6,9H2,1-2H3,(H,22,23)/p+1/t11-/m1/s1. The second-order valence-corrected chi connectivity index (χ2v) is 5.98. The fourth-order valence-corrected chi connectivity index (χ4v) is 2.81. The maximum absolute atomic E-state index is 12.6. The van der Waals surface area contributed by atoms with Gasteiger partial charge in [0.15, 0.2) is 0 Å². The van der Waals surface area contributed by atoms with Crippen LogP contribution in [-0.4, -0.2) is 12.7 Å². The van der Waals surface area contributed by atoms with E-state index in [0.29, 0.717) is 19.0 Å². The minimum atomic E-state index is -4.36. The van der Waals surface area contributed by atoms with Crippen molar-refractivity contribution in [1.29, 1.82) is 0 Å². The largest absolute Gasteiger partial charge is 0.493 e. The molecular formula is C18H20F3N2O2+. The molecule has 0 saturated carbocycles. The van der Waals surface area contributed by atoms with Crippen molar-refractivity contribution in [2.24, 2.45) is 0 Å². The van der Waals surface area contributed by atoms with Gasteiger partial charge in [0.25, 0.3) is 5.82 Å². The van der Waals surface area contributed by atoms with Crippen molar-refractivity contribution in [2.75, 3.05) is 11.9 Å². The molecule has 25 heavy (non-hydrogen) atoms. The summed E-state index contributed by atoms with van der Waals surface area (Å²) < 4.78 is 49.3. The number of ether oxygens (including phenoxy) is 2. The van der Waals surface area contributed by atoms with Crippen molar-refractivity contribution in [3.8, 4) is 11.5 Å². The molecule has 7 heteroatoms. The zero-order valence-electron chi connectivity index (χ0n) is 14.0. The number of rotatable bonds is 5. The number of nitrogens with one attached hydrogen (secondary N) is 2. The SMILES string of the molecule is CCOc1cc2c(cc1CNc1ccc(C(F)(F)F)c[nH+]1)O[C@H](C)C2. The molecule has 1 aromatic heterocycles. The Morgan fingerprint density at radius 3 is 2.76 bits per heavy atom. The second kappa shape index (κ2) is 6.82. The summed E-state index contributed by atoms with van der Waals surface area (Å²) in [6.45, 7) is 4.86. The van der Waals surface area contributed by atoms with Gasteiger partial charge in [0.1, 0.15) is 30.3 Å². The highest BCUT2D eigenvalue weighted by molar-refractivity contribution is 5.49. The zero-order valence-corrected chi connectivity index (χ0v) is 14.0. The van der Waals surface area contributed by atoms with E-state index in [9.17, 15) is 13.2 Å². The van der Waals surface area contributed by atoms with Crippen LogP contribution in [0.4, 0.5) is 19.0 Å². The van der Waals surface area contributed by atoms with Crippen LogP contribution < -0.4 is 19.8 Å². The third-order valence-electron chi connectivity index (χ3n) is 3.99. The summed E-state index contributed by atoms with van der Waals surface area (Å²) in [6, 6.07) is 6.32.